The van der Waals surface area contributed by atoms with Crippen molar-refractivity contribution in [2.24, 2.45) is 11.7 Å². The summed E-state index contributed by atoms with van der Waals surface area (Å²) in [5.41, 5.74) is 9.77. The van der Waals surface area contributed by atoms with Gasteiger partial charge in [0.25, 0.3) is 0 Å². The number of nitrogens with two attached hydrogens (primary N) is 1. The molecule has 3 aromatic carbocycles. The molecular weight excluding hydrogens is 496 g/mol. The lowest BCUT2D eigenvalue weighted by Gasteiger charge is -2.27. The van der Waals surface area contributed by atoms with Gasteiger partial charge in [-0.15, -0.1) is 0 Å². The molecule has 4 rings (SSSR count). The highest BCUT2D eigenvalue weighted by Crippen LogP contribution is 2.45. The van der Waals surface area contributed by atoms with Crippen LogP contribution in [0.25, 0.3) is 0 Å². The first-order valence-electron chi connectivity index (χ1n) is 12.6. The molecule has 39 heavy (non-hydrogen) atoms. The van der Waals surface area contributed by atoms with Crippen molar-refractivity contribution in [1.82, 2.24) is 0 Å². The fourth-order valence-corrected chi connectivity index (χ4v) is 4.40. The minimum Gasteiger partial charge on any atom is -0.493 e. The van der Waals surface area contributed by atoms with Crippen molar-refractivity contribution in [3.8, 4) is 34.8 Å². The van der Waals surface area contributed by atoms with E-state index in [4.69, 9.17) is 29.4 Å². The number of ether oxygens (including phenoxy) is 5. The maximum absolute atomic E-state index is 12.5. The SMILES string of the molecule is COc1cc(C2C(C#N)=C(N)Oc3cc(OC(=O)COc4c(C)cccc4C)ccc32)ccc1OCC(C)C. The summed E-state index contributed by atoms with van der Waals surface area (Å²) in [6.45, 7) is 8.26. The zero-order chi connectivity index (χ0) is 28.1. The summed E-state index contributed by atoms with van der Waals surface area (Å²) in [7, 11) is 1.57. The summed E-state index contributed by atoms with van der Waals surface area (Å²) in [5, 5.41) is 9.90. The van der Waals surface area contributed by atoms with Gasteiger partial charge in [0.1, 0.15) is 28.9 Å². The third-order valence-electron chi connectivity index (χ3n) is 6.26. The first kappa shape index (κ1) is 27.4. The van der Waals surface area contributed by atoms with Crippen LogP contribution in [0.4, 0.5) is 0 Å². The Morgan fingerprint density at radius 1 is 1.05 bits per heavy atom. The van der Waals surface area contributed by atoms with Crippen molar-refractivity contribution in [2.45, 2.75) is 33.6 Å². The minimum atomic E-state index is -0.562. The number of benzene rings is 3. The molecule has 1 heterocycles. The lowest BCUT2D eigenvalue weighted by Crippen LogP contribution is -2.22. The molecule has 0 saturated carbocycles. The number of hydrogen-bond acceptors (Lipinski definition) is 8. The molecule has 0 saturated heterocycles. The number of hydrogen-bond donors (Lipinski definition) is 1. The summed E-state index contributed by atoms with van der Waals surface area (Å²) < 4.78 is 28.4. The Morgan fingerprint density at radius 3 is 2.46 bits per heavy atom. The molecule has 3 aromatic rings. The molecule has 8 heteroatoms. The molecule has 1 unspecified atom stereocenters. The first-order valence-corrected chi connectivity index (χ1v) is 12.6. The number of methoxy groups -OCH3 is 1. The van der Waals surface area contributed by atoms with Crippen LogP contribution in [0.2, 0.25) is 0 Å². The minimum absolute atomic E-state index is 0.0176. The highest BCUT2D eigenvalue weighted by atomic mass is 16.6. The van der Waals surface area contributed by atoms with Gasteiger partial charge >= 0.3 is 5.97 Å². The van der Waals surface area contributed by atoms with E-state index in [1.54, 1.807) is 25.3 Å². The summed E-state index contributed by atoms with van der Waals surface area (Å²) >= 11 is 0. The Labute approximate surface area is 228 Å². The van der Waals surface area contributed by atoms with Gasteiger partial charge in [0, 0.05) is 11.6 Å². The molecule has 0 spiro atoms. The van der Waals surface area contributed by atoms with Crippen LogP contribution in [-0.4, -0.2) is 26.3 Å². The molecule has 0 bridgehead atoms. The van der Waals surface area contributed by atoms with Crippen LogP contribution in [0.1, 0.15) is 42.0 Å². The van der Waals surface area contributed by atoms with Gasteiger partial charge in [-0.05, 0) is 54.7 Å². The number of nitriles is 1. The van der Waals surface area contributed by atoms with E-state index in [1.165, 1.54) is 0 Å². The van der Waals surface area contributed by atoms with E-state index < -0.39 is 11.9 Å². The molecule has 8 nitrogen and oxygen atoms in total. The average molecular weight is 529 g/mol. The van der Waals surface area contributed by atoms with Gasteiger partial charge in [-0.3, -0.25) is 0 Å². The Balaban J connectivity index is 1.57. The summed E-state index contributed by atoms with van der Waals surface area (Å²) in [6.07, 6.45) is 0. The predicted molar refractivity (Wildman–Crippen MR) is 146 cm³/mol. The van der Waals surface area contributed by atoms with Gasteiger partial charge in [0.15, 0.2) is 18.1 Å². The Hall–Kier alpha value is -4.64. The number of allylic oxidation sites excluding steroid dienone is 1. The average Bonchev–Trinajstić information content (AvgIpc) is 2.90. The number of rotatable bonds is 9. The van der Waals surface area contributed by atoms with Crippen molar-refractivity contribution < 1.29 is 28.5 Å². The van der Waals surface area contributed by atoms with Crippen molar-refractivity contribution in [3.05, 3.63) is 88.3 Å². The monoisotopic (exact) mass is 528 g/mol. The van der Waals surface area contributed by atoms with E-state index in [0.717, 1.165) is 16.7 Å². The molecule has 2 N–H and O–H groups in total. The third-order valence-corrected chi connectivity index (χ3v) is 6.26. The predicted octanol–water partition coefficient (Wildman–Crippen LogP) is 5.55. The largest absolute Gasteiger partial charge is 0.493 e. The van der Waals surface area contributed by atoms with Crippen LogP contribution in [0, 0.1) is 31.1 Å². The Bertz CT molecular complexity index is 1430. The third kappa shape index (κ3) is 6.10. The zero-order valence-electron chi connectivity index (χ0n) is 22.7. The van der Waals surface area contributed by atoms with Crippen molar-refractivity contribution in [1.29, 1.82) is 5.26 Å². The van der Waals surface area contributed by atoms with Gasteiger partial charge in [-0.1, -0.05) is 44.2 Å². The fourth-order valence-electron chi connectivity index (χ4n) is 4.40. The lowest BCUT2D eigenvalue weighted by atomic mass is 9.83. The second kappa shape index (κ2) is 11.8. The van der Waals surface area contributed by atoms with Crippen LogP contribution in [-0.2, 0) is 4.79 Å². The summed E-state index contributed by atoms with van der Waals surface area (Å²) in [4.78, 5) is 12.5. The van der Waals surface area contributed by atoms with Crippen molar-refractivity contribution in [2.75, 3.05) is 20.3 Å². The first-order chi connectivity index (χ1) is 18.7. The number of fused-ring (bicyclic) bond motifs is 1. The fraction of sp³-hybridized carbons (Fsp3) is 0.290. The van der Waals surface area contributed by atoms with E-state index in [1.807, 2.05) is 50.2 Å². The highest BCUT2D eigenvalue weighted by Gasteiger charge is 2.32. The molecule has 0 fully saturated rings. The van der Waals surface area contributed by atoms with Gasteiger partial charge < -0.3 is 29.4 Å². The molecule has 202 valence electrons. The van der Waals surface area contributed by atoms with Crippen LogP contribution in [0.3, 0.4) is 0 Å². The van der Waals surface area contributed by atoms with Gasteiger partial charge in [0.05, 0.1) is 19.6 Å². The van der Waals surface area contributed by atoms with Crippen LogP contribution >= 0.6 is 0 Å². The highest BCUT2D eigenvalue weighted by molar-refractivity contribution is 5.74. The Morgan fingerprint density at radius 2 is 1.79 bits per heavy atom. The molecular formula is C31H32N2O6. The summed E-state index contributed by atoms with van der Waals surface area (Å²) in [5.74, 6) is 1.74. The molecule has 0 radical (unpaired) electrons. The van der Waals surface area contributed by atoms with E-state index >= 15 is 0 Å². The van der Waals surface area contributed by atoms with E-state index in [0.29, 0.717) is 41.1 Å². The standard InChI is InChI=1S/C31H32N2O6/c1-18(2)16-36-25-12-9-21(13-27(25)35-5)29-23-11-10-22(14-26(23)39-31(33)24(29)15-32)38-28(34)17-37-30-19(3)7-6-8-20(30)4/h6-14,18,29H,16-17,33H2,1-5H3. The number of para-hydroxylation sites is 1. The molecule has 0 aliphatic carbocycles. The number of esters is 1. The van der Waals surface area contributed by atoms with Gasteiger partial charge in [0.2, 0.25) is 5.88 Å². The Kier molecular flexibility index (Phi) is 8.30. The number of carbonyl (C=O) groups is 1. The maximum Gasteiger partial charge on any atom is 0.349 e. The number of nitrogens with zero attached hydrogens (tertiary/aromatic N) is 1. The molecule has 1 atom stereocenters. The quantitative estimate of drug-likeness (QED) is 0.284. The van der Waals surface area contributed by atoms with Gasteiger partial charge in [-0.25, -0.2) is 4.79 Å². The smallest absolute Gasteiger partial charge is 0.349 e. The van der Waals surface area contributed by atoms with E-state index in [-0.39, 0.29) is 23.8 Å². The second-order valence-corrected chi connectivity index (χ2v) is 9.72. The lowest BCUT2D eigenvalue weighted by molar-refractivity contribution is -0.136. The molecule has 0 aromatic heterocycles. The van der Waals surface area contributed by atoms with Crippen molar-refractivity contribution >= 4 is 5.97 Å². The molecule has 1 aliphatic rings. The zero-order valence-corrected chi connectivity index (χ0v) is 22.7. The van der Waals surface area contributed by atoms with Crippen LogP contribution < -0.4 is 29.4 Å². The van der Waals surface area contributed by atoms with E-state index in [9.17, 15) is 10.1 Å². The second-order valence-electron chi connectivity index (χ2n) is 9.72. The topological polar surface area (TPSA) is 113 Å². The summed E-state index contributed by atoms with van der Waals surface area (Å²) in [6, 6.07) is 18.5. The maximum atomic E-state index is 12.5. The van der Waals surface area contributed by atoms with E-state index in [2.05, 4.69) is 19.9 Å². The number of carbonyl (C=O) groups excluding carboxylic acids is 1. The van der Waals surface area contributed by atoms with Crippen LogP contribution in [0.5, 0.6) is 28.7 Å². The number of aryl methyl sites for hydroxylation is 2. The van der Waals surface area contributed by atoms with Gasteiger partial charge in [-0.2, -0.15) is 5.26 Å². The van der Waals surface area contributed by atoms with Crippen LogP contribution in [0.15, 0.2) is 66.1 Å². The normalized spacial score (nSPS) is 14.2. The molecule has 0 amide bonds. The van der Waals surface area contributed by atoms with Crippen molar-refractivity contribution in [3.63, 3.8) is 0 Å². The molecule has 1 aliphatic heterocycles.